The van der Waals surface area contributed by atoms with Crippen LogP contribution in [0.3, 0.4) is 0 Å². The van der Waals surface area contributed by atoms with Crippen LogP contribution in [-0.4, -0.2) is 4.33 Å². The maximum Gasteiger partial charge on any atom is 0.129 e. The van der Waals surface area contributed by atoms with Gasteiger partial charge in [0.1, 0.15) is 4.33 Å². The summed E-state index contributed by atoms with van der Waals surface area (Å²) in [6, 6.07) is 0. The van der Waals surface area contributed by atoms with Crippen molar-refractivity contribution in [3.8, 4) is 0 Å². The smallest absolute Gasteiger partial charge is 0.100 e. The van der Waals surface area contributed by atoms with Crippen molar-refractivity contribution >= 4 is 23.2 Å². The first-order valence-corrected chi connectivity index (χ1v) is 15.6. The molecule has 5 saturated carbocycles. The van der Waals surface area contributed by atoms with Crippen molar-refractivity contribution in [3.05, 3.63) is 0 Å². The van der Waals surface area contributed by atoms with E-state index < -0.39 is 4.33 Å². The van der Waals surface area contributed by atoms with Gasteiger partial charge in [0.05, 0.1) is 0 Å². The van der Waals surface area contributed by atoms with E-state index in [-0.39, 0.29) is 10.8 Å². The molecule has 0 N–H and O–H groups in total. The lowest BCUT2D eigenvalue weighted by Crippen LogP contribution is -2.66. The highest BCUT2D eigenvalue weighted by Gasteiger charge is 2.72. The number of alkyl halides is 2. The number of rotatable bonds is 4. The Morgan fingerprint density at radius 1 is 0.500 bits per heavy atom. The van der Waals surface area contributed by atoms with Crippen molar-refractivity contribution in [1.82, 2.24) is 0 Å². The molecular weight excluding hydrogens is 431 g/mol. The maximum absolute atomic E-state index is 7.38. The fraction of sp³-hybridized carbons (Fsp3) is 1.00. The van der Waals surface area contributed by atoms with E-state index in [1.807, 2.05) is 0 Å². The molecule has 0 saturated heterocycles. The van der Waals surface area contributed by atoms with Gasteiger partial charge in [-0.05, 0) is 119 Å². The Hall–Kier alpha value is 0.580. The van der Waals surface area contributed by atoms with Crippen LogP contribution < -0.4 is 0 Å². The largest absolute Gasteiger partial charge is 0.129 e. The van der Waals surface area contributed by atoms with E-state index >= 15 is 0 Å². The predicted octanol–water partition coefficient (Wildman–Crippen LogP) is 10.3. The molecule has 5 aliphatic carbocycles. The van der Waals surface area contributed by atoms with Gasteiger partial charge >= 0.3 is 0 Å². The predicted molar refractivity (Wildman–Crippen MR) is 139 cm³/mol. The summed E-state index contributed by atoms with van der Waals surface area (Å²) in [6.45, 7) is 4.76. The number of halogens is 2. The topological polar surface area (TPSA) is 0 Å². The van der Waals surface area contributed by atoms with E-state index in [2.05, 4.69) is 13.8 Å². The minimum Gasteiger partial charge on any atom is -0.100 e. The van der Waals surface area contributed by atoms with Crippen LogP contribution in [0.15, 0.2) is 0 Å². The van der Waals surface area contributed by atoms with Crippen LogP contribution in [0.25, 0.3) is 0 Å². The molecule has 0 aromatic rings. The van der Waals surface area contributed by atoms with Crippen molar-refractivity contribution in [2.45, 2.75) is 140 Å². The monoisotopic (exact) mass is 480 g/mol. The Morgan fingerprint density at radius 2 is 0.812 bits per heavy atom. The van der Waals surface area contributed by atoms with E-state index in [1.165, 1.54) is 122 Å². The molecule has 0 aromatic heterocycles. The van der Waals surface area contributed by atoms with Crippen molar-refractivity contribution < 1.29 is 0 Å². The normalized spacial score (nSPS) is 49.1. The molecule has 0 radical (unpaired) electrons. The molecular formula is C30H50Cl2. The summed E-state index contributed by atoms with van der Waals surface area (Å²) >= 11 is 14.8. The van der Waals surface area contributed by atoms with Gasteiger partial charge in [-0.2, -0.15) is 0 Å². The SMILES string of the molecule is CCC1CCC(C2CC[C@]3(CC2)C[C@@]2(CC[C@H](C4CCC(CC)CC4)CC2)C3(Cl)Cl)CC1. The van der Waals surface area contributed by atoms with Gasteiger partial charge in [0.15, 0.2) is 0 Å². The highest BCUT2D eigenvalue weighted by molar-refractivity contribution is 6.50. The van der Waals surface area contributed by atoms with Crippen molar-refractivity contribution in [1.29, 1.82) is 0 Å². The third kappa shape index (κ3) is 4.12. The van der Waals surface area contributed by atoms with E-state index in [4.69, 9.17) is 23.2 Å². The number of hydrogen-bond donors (Lipinski definition) is 0. The molecule has 0 aliphatic heterocycles. The van der Waals surface area contributed by atoms with Gasteiger partial charge in [-0.3, -0.25) is 0 Å². The molecule has 5 aliphatic rings. The van der Waals surface area contributed by atoms with Crippen LogP contribution in [0, 0.1) is 46.3 Å². The van der Waals surface area contributed by atoms with Gasteiger partial charge in [-0.25, -0.2) is 0 Å². The second-order valence-electron chi connectivity index (χ2n) is 13.4. The molecule has 2 heteroatoms. The van der Waals surface area contributed by atoms with Gasteiger partial charge in [0.25, 0.3) is 0 Å². The van der Waals surface area contributed by atoms with Gasteiger partial charge in [0, 0.05) is 10.8 Å². The molecule has 0 amide bonds. The molecule has 0 aromatic carbocycles. The van der Waals surface area contributed by atoms with Gasteiger partial charge < -0.3 is 0 Å². The quantitative estimate of drug-likeness (QED) is 0.350. The zero-order valence-corrected chi connectivity index (χ0v) is 22.7. The standard InChI is InChI=1S/C30H50Cl2/c1-3-22-5-9-24(10-6-22)26-13-17-28(18-14-26)21-29(30(28,31)32)19-15-27(16-20-29)25-11-7-23(4-2)8-12-25/h22-27H,3-21H2,1-2H3/t22?,23?,24?,25?,26-,27?,28-,29-. The molecule has 0 heterocycles. The molecule has 0 unspecified atom stereocenters. The van der Waals surface area contributed by atoms with Crippen molar-refractivity contribution in [2.75, 3.05) is 0 Å². The minimum absolute atomic E-state index is 0.249. The van der Waals surface area contributed by atoms with E-state index in [9.17, 15) is 0 Å². The average molecular weight is 482 g/mol. The fourth-order valence-electron chi connectivity index (χ4n) is 9.77. The average Bonchev–Trinajstić information content (AvgIpc) is 2.85. The molecule has 0 bridgehead atoms. The lowest BCUT2D eigenvalue weighted by Gasteiger charge is -2.69. The minimum atomic E-state index is -0.449. The summed E-state index contributed by atoms with van der Waals surface area (Å²) in [4.78, 5) is 0. The Morgan fingerprint density at radius 3 is 1.09 bits per heavy atom. The fourth-order valence-corrected chi connectivity index (χ4v) is 10.8. The summed E-state index contributed by atoms with van der Waals surface area (Å²) in [5.41, 5.74) is 0.499. The summed E-state index contributed by atoms with van der Waals surface area (Å²) in [5, 5.41) is 0. The first-order valence-electron chi connectivity index (χ1n) is 14.8. The van der Waals surface area contributed by atoms with Crippen molar-refractivity contribution in [2.24, 2.45) is 46.3 Å². The Bertz CT molecular complexity index is 555. The zero-order valence-electron chi connectivity index (χ0n) is 21.2. The molecule has 0 atom stereocenters. The molecule has 5 fully saturated rings. The first kappa shape index (κ1) is 24.3. The van der Waals surface area contributed by atoms with Crippen LogP contribution in [0.4, 0.5) is 0 Å². The summed E-state index contributed by atoms with van der Waals surface area (Å²) < 4.78 is -0.449. The van der Waals surface area contributed by atoms with Crippen LogP contribution >= 0.6 is 23.2 Å². The summed E-state index contributed by atoms with van der Waals surface area (Å²) in [7, 11) is 0. The van der Waals surface area contributed by atoms with Gasteiger partial charge in [-0.1, -0.05) is 52.4 Å². The second-order valence-corrected chi connectivity index (χ2v) is 14.7. The third-order valence-corrected chi connectivity index (χ3v) is 13.9. The van der Waals surface area contributed by atoms with Crippen molar-refractivity contribution in [3.63, 3.8) is 0 Å². The Balaban J connectivity index is 1.12. The summed E-state index contributed by atoms with van der Waals surface area (Å²) in [6.07, 6.45) is 26.9. The second kappa shape index (κ2) is 9.56. The molecule has 184 valence electrons. The van der Waals surface area contributed by atoms with Crippen LogP contribution in [0.5, 0.6) is 0 Å². The Kier molecular flexibility index (Phi) is 7.25. The van der Waals surface area contributed by atoms with E-state index in [0.717, 1.165) is 35.5 Å². The van der Waals surface area contributed by atoms with Gasteiger partial charge in [-0.15, -0.1) is 23.2 Å². The first-order chi connectivity index (χ1) is 15.4. The zero-order chi connectivity index (χ0) is 22.4. The molecule has 0 nitrogen and oxygen atoms in total. The highest BCUT2D eigenvalue weighted by atomic mass is 35.5. The van der Waals surface area contributed by atoms with Crippen LogP contribution in [0.2, 0.25) is 0 Å². The third-order valence-electron chi connectivity index (χ3n) is 12.3. The van der Waals surface area contributed by atoms with E-state index in [0.29, 0.717) is 0 Å². The summed E-state index contributed by atoms with van der Waals surface area (Å²) in [5.74, 6) is 5.97. The number of hydrogen-bond acceptors (Lipinski definition) is 0. The lowest BCUT2D eigenvalue weighted by molar-refractivity contribution is -0.122. The molecule has 5 rings (SSSR count). The van der Waals surface area contributed by atoms with Crippen LogP contribution in [-0.2, 0) is 0 Å². The van der Waals surface area contributed by atoms with Gasteiger partial charge in [0.2, 0.25) is 0 Å². The van der Waals surface area contributed by atoms with E-state index in [1.54, 1.807) is 0 Å². The maximum atomic E-state index is 7.38. The molecule has 2 spiro atoms. The molecule has 32 heavy (non-hydrogen) atoms. The lowest BCUT2D eigenvalue weighted by atomic mass is 9.42. The Labute approximate surface area is 209 Å². The van der Waals surface area contributed by atoms with Crippen LogP contribution in [0.1, 0.15) is 136 Å². The highest BCUT2D eigenvalue weighted by Crippen LogP contribution is 2.77.